The van der Waals surface area contributed by atoms with Crippen LogP contribution in [-0.4, -0.2) is 0 Å². The molecular weight excluding hydrogens is 275 g/mol. The Bertz CT molecular complexity index is 363. The molecule has 19 heavy (non-hydrogen) atoms. The minimum absolute atomic E-state index is 0.725. The van der Waals surface area contributed by atoms with Gasteiger partial charge in [-0.2, -0.15) is 0 Å². The first-order valence-corrected chi connectivity index (χ1v) is 8.12. The molecule has 0 spiro atoms. The van der Waals surface area contributed by atoms with Crippen molar-refractivity contribution in [3.05, 3.63) is 39.9 Å². The van der Waals surface area contributed by atoms with Gasteiger partial charge in [-0.05, 0) is 25.0 Å². The predicted molar refractivity (Wildman–Crippen MR) is 88.1 cm³/mol. The standard InChI is InChI=1S/C17H24Cl2/c1-2-3-4-5-6-7-8-9-10-12-15-16(18)13-11-14-17(15)19/h10-14H,2-9H2,1H3/b12-10+. The van der Waals surface area contributed by atoms with Gasteiger partial charge in [0.1, 0.15) is 0 Å². The Kier molecular flexibility index (Phi) is 9.03. The topological polar surface area (TPSA) is 0 Å². The molecular formula is C17H24Cl2. The van der Waals surface area contributed by atoms with Crippen molar-refractivity contribution < 1.29 is 0 Å². The number of unbranched alkanes of at least 4 members (excludes halogenated alkanes) is 7. The monoisotopic (exact) mass is 298 g/mol. The van der Waals surface area contributed by atoms with E-state index in [9.17, 15) is 0 Å². The van der Waals surface area contributed by atoms with E-state index in [0.29, 0.717) is 0 Å². The molecule has 106 valence electrons. The van der Waals surface area contributed by atoms with Crippen molar-refractivity contribution in [2.45, 2.75) is 58.3 Å². The van der Waals surface area contributed by atoms with Crippen LogP contribution >= 0.6 is 23.2 Å². The van der Waals surface area contributed by atoms with Crippen molar-refractivity contribution >= 4 is 29.3 Å². The number of allylic oxidation sites excluding steroid dienone is 1. The fourth-order valence-corrected chi connectivity index (χ4v) is 2.61. The molecule has 1 aromatic carbocycles. The Balaban J connectivity index is 2.17. The summed E-state index contributed by atoms with van der Waals surface area (Å²) in [5, 5.41) is 1.45. The highest BCUT2D eigenvalue weighted by molar-refractivity contribution is 6.37. The average molecular weight is 299 g/mol. The third-order valence-electron chi connectivity index (χ3n) is 3.26. The van der Waals surface area contributed by atoms with E-state index in [2.05, 4.69) is 13.0 Å². The minimum Gasteiger partial charge on any atom is -0.0838 e. The second-order valence-electron chi connectivity index (χ2n) is 4.95. The van der Waals surface area contributed by atoms with Crippen molar-refractivity contribution in [3.63, 3.8) is 0 Å². The molecule has 0 bridgehead atoms. The van der Waals surface area contributed by atoms with E-state index >= 15 is 0 Å². The van der Waals surface area contributed by atoms with E-state index in [1.165, 1.54) is 44.9 Å². The molecule has 0 saturated heterocycles. The predicted octanol–water partition coefficient (Wildman–Crippen LogP) is 7.15. The molecule has 0 unspecified atom stereocenters. The Morgan fingerprint density at radius 3 is 2.11 bits per heavy atom. The largest absolute Gasteiger partial charge is 0.0838 e. The summed E-state index contributed by atoms with van der Waals surface area (Å²) >= 11 is 12.2. The van der Waals surface area contributed by atoms with Gasteiger partial charge in [-0.3, -0.25) is 0 Å². The van der Waals surface area contributed by atoms with E-state index in [1.807, 2.05) is 24.3 Å². The summed E-state index contributed by atoms with van der Waals surface area (Å²) < 4.78 is 0. The molecule has 0 atom stereocenters. The molecule has 0 aliphatic heterocycles. The van der Waals surface area contributed by atoms with Gasteiger partial charge in [-0.15, -0.1) is 0 Å². The lowest BCUT2D eigenvalue weighted by molar-refractivity contribution is 0.592. The van der Waals surface area contributed by atoms with Crippen LogP contribution < -0.4 is 0 Å². The van der Waals surface area contributed by atoms with E-state index in [1.54, 1.807) is 0 Å². The van der Waals surface area contributed by atoms with Crippen molar-refractivity contribution in [3.8, 4) is 0 Å². The molecule has 1 aromatic rings. The zero-order valence-corrected chi connectivity index (χ0v) is 13.3. The number of rotatable bonds is 9. The maximum atomic E-state index is 6.10. The highest BCUT2D eigenvalue weighted by Gasteiger charge is 2.00. The second-order valence-corrected chi connectivity index (χ2v) is 5.76. The van der Waals surface area contributed by atoms with Crippen LogP contribution in [0, 0.1) is 0 Å². The van der Waals surface area contributed by atoms with Crippen LogP contribution in [0.2, 0.25) is 10.0 Å². The van der Waals surface area contributed by atoms with Gasteiger partial charge < -0.3 is 0 Å². The molecule has 0 N–H and O–H groups in total. The Hall–Kier alpha value is -0.460. The summed E-state index contributed by atoms with van der Waals surface area (Å²) in [5.41, 5.74) is 0.939. The summed E-state index contributed by atoms with van der Waals surface area (Å²) in [4.78, 5) is 0. The lowest BCUT2D eigenvalue weighted by Gasteiger charge is -2.01. The number of hydrogen-bond acceptors (Lipinski definition) is 0. The van der Waals surface area contributed by atoms with E-state index in [4.69, 9.17) is 23.2 Å². The maximum Gasteiger partial charge on any atom is 0.0493 e. The third kappa shape index (κ3) is 7.03. The first kappa shape index (κ1) is 16.6. The third-order valence-corrected chi connectivity index (χ3v) is 3.92. The smallest absolute Gasteiger partial charge is 0.0493 e. The SMILES string of the molecule is CCCCCCCCC/C=C/c1c(Cl)cccc1Cl. The number of benzene rings is 1. The molecule has 0 heterocycles. The fourth-order valence-electron chi connectivity index (χ4n) is 2.09. The molecule has 0 fully saturated rings. The van der Waals surface area contributed by atoms with Crippen LogP contribution in [-0.2, 0) is 0 Å². The Labute approximate surface area is 127 Å². The minimum atomic E-state index is 0.725. The van der Waals surface area contributed by atoms with Crippen LogP contribution in [0.1, 0.15) is 63.9 Å². The summed E-state index contributed by atoms with van der Waals surface area (Å²) in [5.74, 6) is 0. The molecule has 1 rings (SSSR count). The van der Waals surface area contributed by atoms with E-state index < -0.39 is 0 Å². The van der Waals surface area contributed by atoms with Crippen LogP contribution in [0.5, 0.6) is 0 Å². The maximum absolute atomic E-state index is 6.10. The lowest BCUT2D eigenvalue weighted by Crippen LogP contribution is -1.80. The molecule has 0 aromatic heterocycles. The molecule has 0 amide bonds. The highest BCUT2D eigenvalue weighted by atomic mass is 35.5. The summed E-state index contributed by atoms with van der Waals surface area (Å²) in [6.45, 7) is 2.25. The summed E-state index contributed by atoms with van der Waals surface area (Å²) in [6.07, 6.45) is 14.7. The van der Waals surface area contributed by atoms with Gasteiger partial charge in [0.15, 0.2) is 0 Å². The molecule has 2 heteroatoms. The van der Waals surface area contributed by atoms with Crippen LogP contribution in [0.4, 0.5) is 0 Å². The van der Waals surface area contributed by atoms with Gasteiger partial charge in [-0.25, -0.2) is 0 Å². The van der Waals surface area contributed by atoms with Crippen LogP contribution in [0.15, 0.2) is 24.3 Å². The van der Waals surface area contributed by atoms with Crippen molar-refractivity contribution in [1.29, 1.82) is 0 Å². The second kappa shape index (κ2) is 10.3. The van der Waals surface area contributed by atoms with Gasteiger partial charge in [0.25, 0.3) is 0 Å². The van der Waals surface area contributed by atoms with Gasteiger partial charge in [0.05, 0.1) is 0 Å². The quantitative estimate of drug-likeness (QED) is 0.425. The summed E-state index contributed by atoms with van der Waals surface area (Å²) in [7, 11) is 0. The Morgan fingerprint density at radius 1 is 0.895 bits per heavy atom. The average Bonchev–Trinajstić information content (AvgIpc) is 2.40. The van der Waals surface area contributed by atoms with E-state index in [-0.39, 0.29) is 0 Å². The fraction of sp³-hybridized carbons (Fsp3) is 0.529. The van der Waals surface area contributed by atoms with E-state index in [0.717, 1.165) is 22.0 Å². The van der Waals surface area contributed by atoms with Gasteiger partial charge in [0.2, 0.25) is 0 Å². The normalized spacial score (nSPS) is 11.3. The first-order chi connectivity index (χ1) is 9.25. The van der Waals surface area contributed by atoms with Gasteiger partial charge in [0, 0.05) is 15.6 Å². The van der Waals surface area contributed by atoms with Crippen molar-refractivity contribution in [2.24, 2.45) is 0 Å². The van der Waals surface area contributed by atoms with Crippen LogP contribution in [0.3, 0.4) is 0 Å². The Morgan fingerprint density at radius 2 is 1.47 bits per heavy atom. The van der Waals surface area contributed by atoms with Crippen molar-refractivity contribution in [1.82, 2.24) is 0 Å². The number of halogens is 2. The molecule has 0 radical (unpaired) electrons. The van der Waals surface area contributed by atoms with Crippen molar-refractivity contribution in [2.75, 3.05) is 0 Å². The zero-order chi connectivity index (χ0) is 13.9. The molecule has 0 saturated carbocycles. The molecule has 0 aliphatic rings. The molecule has 0 aliphatic carbocycles. The first-order valence-electron chi connectivity index (χ1n) is 7.36. The van der Waals surface area contributed by atoms with Gasteiger partial charge in [-0.1, -0.05) is 86.9 Å². The highest BCUT2D eigenvalue weighted by Crippen LogP contribution is 2.25. The zero-order valence-electron chi connectivity index (χ0n) is 11.8. The summed E-state index contributed by atoms with van der Waals surface area (Å²) in [6, 6.07) is 5.62. The lowest BCUT2D eigenvalue weighted by atomic mass is 10.1. The van der Waals surface area contributed by atoms with Gasteiger partial charge >= 0.3 is 0 Å². The molecule has 0 nitrogen and oxygen atoms in total. The van der Waals surface area contributed by atoms with Crippen LogP contribution in [0.25, 0.3) is 6.08 Å². The number of hydrogen-bond donors (Lipinski definition) is 0.